The van der Waals surface area contributed by atoms with Gasteiger partial charge in [0.15, 0.2) is 0 Å². The van der Waals surface area contributed by atoms with Crippen molar-refractivity contribution in [3.63, 3.8) is 0 Å². The molecule has 1 aliphatic rings. The molecule has 114 valence electrons. The fraction of sp³-hybridized carbons (Fsp3) is 0.267. The third kappa shape index (κ3) is 2.64. The highest BCUT2D eigenvalue weighted by molar-refractivity contribution is 9.10. The van der Waals surface area contributed by atoms with Gasteiger partial charge in [0, 0.05) is 18.7 Å². The minimum atomic E-state index is -0.857. The van der Waals surface area contributed by atoms with Gasteiger partial charge in [-0.1, -0.05) is 30.3 Å². The number of carboxylic acid groups (broad SMARTS) is 1. The second kappa shape index (κ2) is 5.92. The Morgan fingerprint density at radius 2 is 2.05 bits per heavy atom. The first kappa shape index (κ1) is 14.8. The topological polar surface area (TPSA) is 86.3 Å². The Labute approximate surface area is 135 Å². The predicted octanol–water partition coefficient (Wildman–Crippen LogP) is 2.39. The zero-order valence-electron chi connectivity index (χ0n) is 11.6. The molecule has 2 aromatic rings. The Kier molecular flexibility index (Phi) is 3.98. The number of hydrogen-bond acceptors (Lipinski definition) is 3. The van der Waals surface area contributed by atoms with Crippen molar-refractivity contribution in [2.24, 2.45) is 5.92 Å². The molecule has 2 heterocycles. The summed E-state index contributed by atoms with van der Waals surface area (Å²) in [7, 11) is 0. The van der Waals surface area contributed by atoms with Gasteiger partial charge in [0.1, 0.15) is 11.4 Å². The lowest BCUT2D eigenvalue weighted by molar-refractivity contribution is -0.141. The summed E-state index contributed by atoms with van der Waals surface area (Å²) >= 11 is 3.42. The SMILES string of the molecule is O=C(O)C1CCN(C(=O)c2[nH]nc(-c3ccccc3)c2Br)C1. The number of aromatic nitrogens is 2. The van der Waals surface area contributed by atoms with Gasteiger partial charge < -0.3 is 10.0 Å². The van der Waals surface area contributed by atoms with Crippen molar-refractivity contribution in [3.05, 3.63) is 40.5 Å². The molecule has 2 N–H and O–H groups in total. The van der Waals surface area contributed by atoms with Crippen molar-refractivity contribution < 1.29 is 14.7 Å². The van der Waals surface area contributed by atoms with Crippen molar-refractivity contribution in [3.8, 4) is 11.3 Å². The van der Waals surface area contributed by atoms with Crippen LogP contribution in [-0.4, -0.2) is 45.2 Å². The molecule has 1 amide bonds. The summed E-state index contributed by atoms with van der Waals surface area (Å²) in [5.74, 6) is -1.58. The zero-order valence-corrected chi connectivity index (χ0v) is 13.2. The maximum Gasteiger partial charge on any atom is 0.308 e. The number of carbonyl (C=O) groups is 2. The lowest BCUT2D eigenvalue weighted by atomic mass is 10.1. The van der Waals surface area contributed by atoms with Gasteiger partial charge in [-0.25, -0.2) is 0 Å². The second-order valence-electron chi connectivity index (χ2n) is 5.20. The number of nitrogens with zero attached hydrogens (tertiary/aromatic N) is 2. The van der Waals surface area contributed by atoms with E-state index in [1.807, 2.05) is 30.3 Å². The van der Waals surface area contributed by atoms with E-state index in [-0.39, 0.29) is 12.5 Å². The monoisotopic (exact) mass is 363 g/mol. The first-order valence-electron chi connectivity index (χ1n) is 6.89. The summed E-state index contributed by atoms with van der Waals surface area (Å²) in [5, 5.41) is 16.0. The Hall–Kier alpha value is -2.15. The molecule has 1 aromatic heterocycles. The van der Waals surface area contributed by atoms with Crippen LogP contribution < -0.4 is 0 Å². The van der Waals surface area contributed by atoms with Gasteiger partial charge in [-0.05, 0) is 22.4 Å². The molecule has 0 spiro atoms. The van der Waals surface area contributed by atoms with E-state index >= 15 is 0 Å². The molecule has 0 saturated carbocycles. The van der Waals surface area contributed by atoms with Crippen LogP contribution in [0.25, 0.3) is 11.3 Å². The molecule has 22 heavy (non-hydrogen) atoms. The first-order chi connectivity index (χ1) is 10.6. The molecule has 3 rings (SSSR count). The van der Waals surface area contributed by atoms with Crippen LogP contribution in [0.5, 0.6) is 0 Å². The second-order valence-corrected chi connectivity index (χ2v) is 6.00. The van der Waals surface area contributed by atoms with Crippen LogP contribution in [-0.2, 0) is 4.79 Å². The number of rotatable bonds is 3. The van der Waals surface area contributed by atoms with E-state index in [0.717, 1.165) is 5.56 Å². The summed E-state index contributed by atoms with van der Waals surface area (Å²) < 4.78 is 0.600. The van der Waals surface area contributed by atoms with Crippen LogP contribution in [0.3, 0.4) is 0 Å². The molecule has 1 saturated heterocycles. The highest BCUT2D eigenvalue weighted by Gasteiger charge is 2.33. The van der Waals surface area contributed by atoms with Gasteiger partial charge >= 0.3 is 5.97 Å². The average molecular weight is 364 g/mol. The third-order valence-electron chi connectivity index (χ3n) is 3.79. The lowest BCUT2D eigenvalue weighted by Crippen LogP contribution is -2.30. The van der Waals surface area contributed by atoms with E-state index in [2.05, 4.69) is 26.1 Å². The van der Waals surface area contributed by atoms with Crippen LogP contribution in [0, 0.1) is 5.92 Å². The number of carbonyl (C=O) groups excluding carboxylic acids is 1. The Bertz CT molecular complexity index is 714. The standard InChI is InChI=1S/C15H14BrN3O3/c16-11-12(9-4-2-1-3-5-9)17-18-13(11)14(20)19-7-6-10(8-19)15(21)22/h1-5,10H,6-8H2,(H,17,18)(H,21,22). The predicted molar refractivity (Wildman–Crippen MR) is 83.4 cm³/mol. The molecule has 1 aromatic carbocycles. The summed E-state index contributed by atoms with van der Waals surface area (Å²) in [6, 6.07) is 9.52. The van der Waals surface area contributed by atoms with Crippen molar-refractivity contribution in [2.45, 2.75) is 6.42 Å². The number of hydrogen-bond donors (Lipinski definition) is 2. The normalized spacial score (nSPS) is 17.7. The van der Waals surface area contributed by atoms with E-state index in [4.69, 9.17) is 5.11 Å². The lowest BCUT2D eigenvalue weighted by Gasteiger charge is -2.14. The maximum absolute atomic E-state index is 12.5. The maximum atomic E-state index is 12.5. The molecule has 7 heteroatoms. The van der Waals surface area contributed by atoms with Crippen molar-refractivity contribution in [2.75, 3.05) is 13.1 Å². The number of amides is 1. The van der Waals surface area contributed by atoms with Crippen LogP contribution in [0.15, 0.2) is 34.8 Å². The number of H-pyrrole nitrogens is 1. The van der Waals surface area contributed by atoms with Crippen LogP contribution >= 0.6 is 15.9 Å². The van der Waals surface area contributed by atoms with E-state index in [9.17, 15) is 9.59 Å². The smallest absolute Gasteiger partial charge is 0.308 e. The average Bonchev–Trinajstić information content (AvgIpc) is 3.14. The number of benzene rings is 1. The molecule has 0 bridgehead atoms. The van der Waals surface area contributed by atoms with Gasteiger partial charge in [0.2, 0.25) is 0 Å². The molecule has 1 fully saturated rings. The van der Waals surface area contributed by atoms with Crippen LogP contribution in [0.4, 0.5) is 0 Å². The highest BCUT2D eigenvalue weighted by Crippen LogP contribution is 2.30. The number of likely N-dealkylation sites (tertiary alicyclic amines) is 1. The van der Waals surface area contributed by atoms with Gasteiger partial charge in [0.25, 0.3) is 5.91 Å². The van der Waals surface area contributed by atoms with E-state index < -0.39 is 11.9 Å². The molecule has 0 radical (unpaired) electrons. The van der Waals surface area contributed by atoms with Gasteiger partial charge in [0.05, 0.1) is 10.4 Å². The van der Waals surface area contributed by atoms with Gasteiger partial charge in [-0.3, -0.25) is 14.7 Å². The first-order valence-corrected chi connectivity index (χ1v) is 7.68. The highest BCUT2D eigenvalue weighted by atomic mass is 79.9. The molecular weight excluding hydrogens is 350 g/mol. The van der Waals surface area contributed by atoms with Crippen molar-refractivity contribution >= 4 is 27.8 Å². The minimum Gasteiger partial charge on any atom is -0.481 e. The Balaban J connectivity index is 1.83. The van der Waals surface area contributed by atoms with Gasteiger partial charge in [-0.15, -0.1) is 0 Å². The third-order valence-corrected chi connectivity index (χ3v) is 4.56. The number of carboxylic acids is 1. The number of aliphatic carboxylic acids is 1. The van der Waals surface area contributed by atoms with Gasteiger partial charge in [-0.2, -0.15) is 5.10 Å². The van der Waals surface area contributed by atoms with E-state index in [1.165, 1.54) is 0 Å². The summed E-state index contributed by atoms with van der Waals surface area (Å²) in [6.07, 6.45) is 0.484. The Morgan fingerprint density at radius 3 is 2.68 bits per heavy atom. The number of aromatic amines is 1. The quantitative estimate of drug-likeness (QED) is 0.876. The molecule has 1 atom stereocenters. The largest absolute Gasteiger partial charge is 0.481 e. The van der Waals surface area contributed by atoms with Crippen LogP contribution in [0.2, 0.25) is 0 Å². The minimum absolute atomic E-state index is 0.231. The number of nitrogens with one attached hydrogen (secondary N) is 1. The van der Waals surface area contributed by atoms with Crippen molar-refractivity contribution in [1.29, 1.82) is 0 Å². The zero-order chi connectivity index (χ0) is 15.7. The van der Waals surface area contributed by atoms with E-state index in [1.54, 1.807) is 4.90 Å². The number of halogens is 1. The summed E-state index contributed by atoms with van der Waals surface area (Å²) in [6.45, 7) is 0.683. The Morgan fingerprint density at radius 1 is 1.32 bits per heavy atom. The summed E-state index contributed by atoms with van der Waals surface area (Å²) in [4.78, 5) is 25.1. The fourth-order valence-electron chi connectivity index (χ4n) is 2.56. The van der Waals surface area contributed by atoms with Crippen molar-refractivity contribution in [1.82, 2.24) is 15.1 Å². The summed E-state index contributed by atoms with van der Waals surface area (Å²) in [5.41, 5.74) is 1.91. The molecule has 0 aliphatic carbocycles. The molecular formula is C15H14BrN3O3. The van der Waals surface area contributed by atoms with Crippen LogP contribution in [0.1, 0.15) is 16.9 Å². The van der Waals surface area contributed by atoms with E-state index in [0.29, 0.717) is 28.8 Å². The molecule has 6 nitrogen and oxygen atoms in total. The molecule has 1 unspecified atom stereocenters. The fourth-order valence-corrected chi connectivity index (χ4v) is 3.14. The molecule has 1 aliphatic heterocycles.